The van der Waals surface area contributed by atoms with Gasteiger partial charge in [0, 0.05) is 33.4 Å². The van der Waals surface area contributed by atoms with Crippen LogP contribution in [0.4, 0.5) is 0 Å². The summed E-state index contributed by atoms with van der Waals surface area (Å²) in [7, 11) is 1.65. The molecule has 1 rings (SSSR count). The van der Waals surface area contributed by atoms with Crippen LogP contribution in [-0.4, -0.2) is 63.4 Å². The first kappa shape index (κ1) is 13.4. The van der Waals surface area contributed by atoms with Gasteiger partial charge in [-0.1, -0.05) is 0 Å². The molecule has 94 valence electrons. The Morgan fingerprint density at radius 2 is 2.44 bits per heavy atom. The van der Waals surface area contributed by atoms with Gasteiger partial charge in [-0.15, -0.1) is 0 Å². The Morgan fingerprint density at radius 3 is 3.19 bits per heavy atom. The standard InChI is InChI=1S/C11H22N2O3/c1-10-9-13(5-3-6-16-10)11(14)8-12-4-7-15-2/h10,12H,3-9H2,1-2H3. The van der Waals surface area contributed by atoms with E-state index >= 15 is 0 Å². The molecule has 1 saturated heterocycles. The van der Waals surface area contributed by atoms with Crippen LogP contribution in [0.5, 0.6) is 0 Å². The summed E-state index contributed by atoms with van der Waals surface area (Å²) in [4.78, 5) is 13.7. The highest BCUT2D eigenvalue weighted by Gasteiger charge is 2.18. The highest BCUT2D eigenvalue weighted by molar-refractivity contribution is 5.78. The average molecular weight is 230 g/mol. The molecule has 1 atom stereocenters. The lowest BCUT2D eigenvalue weighted by Gasteiger charge is -2.22. The van der Waals surface area contributed by atoms with Crippen molar-refractivity contribution in [3.63, 3.8) is 0 Å². The summed E-state index contributed by atoms with van der Waals surface area (Å²) in [6.45, 7) is 5.98. The fourth-order valence-electron chi connectivity index (χ4n) is 1.70. The Balaban J connectivity index is 2.23. The molecule has 0 radical (unpaired) electrons. The monoisotopic (exact) mass is 230 g/mol. The molecular weight excluding hydrogens is 208 g/mol. The second-order valence-corrected chi connectivity index (χ2v) is 4.04. The number of carbonyl (C=O) groups is 1. The maximum atomic E-state index is 11.8. The third-order valence-electron chi connectivity index (χ3n) is 2.56. The summed E-state index contributed by atoms with van der Waals surface area (Å²) in [5.74, 6) is 0.147. The van der Waals surface area contributed by atoms with Gasteiger partial charge in [0.05, 0.1) is 19.3 Å². The fraction of sp³-hybridized carbons (Fsp3) is 0.909. The molecule has 0 aromatic carbocycles. The van der Waals surface area contributed by atoms with Crippen molar-refractivity contribution < 1.29 is 14.3 Å². The summed E-state index contributed by atoms with van der Waals surface area (Å²) in [6, 6.07) is 0. The molecule has 0 spiro atoms. The van der Waals surface area contributed by atoms with Crippen LogP contribution >= 0.6 is 0 Å². The molecule has 1 fully saturated rings. The first-order valence-corrected chi connectivity index (χ1v) is 5.83. The molecule has 0 aromatic rings. The van der Waals surface area contributed by atoms with Crippen molar-refractivity contribution >= 4 is 5.91 Å². The van der Waals surface area contributed by atoms with Gasteiger partial charge < -0.3 is 19.7 Å². The van der Waals surface area contributed by atoms with E-state index in [0.29, 0.717) is 26.2 Å². The normalized spacial score (nSPS) is 21.9. The zero-order valence-corrected chi connectivity index (χ0v) is 10.2. The van der Waals surface area contributed by atoms with E-state index in [1.165, 1.54) is 0 Å². The molecule has 0 bridgehead atoms. The molecule has 1 N–H and O–H groups in total. The van der Waals surface area contributed by atoms with E-state index in [4.69, 9.17) is 9.47 Å². The summed E-state index contributed by atoms with van der Waals surface area (Å²) < 4.78 is 10.4. The molecule has 1 amide bonds. The number of rotatable bonds is 5. The fourth-order valence-corrected chi connectivity index (χ4v) is 1.70. The predicted octanol–water partition coefficient (Wildman–Crippen LogP) is -0.140. The number of carbonyl (C=O) groups excluding carboxylic acids is 1. The Labute approximate surface area is 97.1 Å². The van der Waals surface area contributed by atoms with Gasteiger partial charge in [0.25, 0.3) is 0 Å². The van der Waals surface area contributed by atoms with Gasteiger partial charge in [-0.25, -0.2) is 0 Å². The molecule has 1 heterocycles. The zero-order valence-electron chi connectivity index (χ0n) is 10.2. The predicted molar refractivity (Wildman–Crippen MR) is 61.4 cm³/mol. The Bertz CT molecular complexity index is 211. The smallest absolute Gasteiger partial charge is 0.236 e. The van der Waals surface area contributed by atoms with Crippen LogP contribution in [0, 0.1) is 0 Å². The SMILES string of the molecule is COCCNCC(=O)N1CCCOC(C)C1. The van der Waals surface area contributed by atoms with Gasteiger partial charge in [-0.05, 0) is 13.3 Å². The third-order valence-corrected chi connectivity index (χ3v) is 2.56. The van der Waals surface area contributed by atoms with Gasteiger partial charge >= 0.3 is 0 Å². The lowest BCUT2D eigenvalue weighted by atomic mass is 10.3. The van der Waals surface area contributed by atoms with E-state index in [0.717, 1.165) is 19.6 Å². The summed E-state index contributed by atoms with van der Waals surface area (Å²) >= 11 is 0. The van der Waals surface area contributed by atoms with Crippen molar-refractivity contribution in [1.29, 1.82) is 0 Å². The van der Waals surface area contributed by atoms with Crippen molar-refractivity contribution in [2.24, 2.45) is 0 Å². The van der Waals surface area contributed by atoms with Gasteiger partial charge in [-0.3, -0.25) is 4.79 Å². The van der Waals surface area contributed by atoms with Crippen molar-refractivity contribution in [1.82, 2.24) is 10.2 Å². The molecule has 5 nitrogen and oxygen atoms in total. The van der Waals surface area contributed by atoms with E-state index < -0.39 is 0 Å². The lowest BCUT2D eigenvalue weighted by Crippen LogP contribution is -2.41. The van der Waals surface area contributed by atoms with Crippen molar-refractivity contribution in [2.75, 3.05) is 46.5 Å². The maximum Gasteiger partial charge on any atom is 0.236 e. The van der Waals surface area contributed by atoms with Crippen LogP contribution in [0.1, 0.15) is 13.3 Å². The number of hydrogen-bond donors (Lipinski definition) is 1. The van der Waals surface area contributed by atoms with Crippen molar-refractivity contribution in [2.45, 2.75) is 19.4 Å². The minimum absolute atomic E-state index is 0.144. The van der Waals surface area contributed by atoms with Crippen LogP contribution in [0.3, 0.4) is 0 Å². The average Bonchev–Trinajstić information content (AvgIpc) is 2.49. The summed E-state index contributed by atoms with van der Waals surface area (Å²) in [6.07, 6.45) is 1.07. The second kappa shape index (κ2) is 7.60. The van der Waals surface area contributed by atoms with Crippen molar-refractivity contribution in [3.8, 4) is 0 Å². The largest absolute Gasteiger partial charge is 0.383 e. The Hall–Kier alpha value is -0.650. The quantitative estimate of drug-likeness (QED) is 0.668. The van der Waals surface area contributed by atoms with E-state index in [-0.39, 0.29) is 12.0 Å². The molecular formula is C11H22N2O3. The molecule has 1 aliphatic heterocycles. The topological polar surface area (TPSA) is 50.8 Å². The molecule has 0 aliphatic carbocycles. The van der Waals surface area contributed by atoms with Crippen LogP contribution in [0.25, 0.3) is 0 Å². The minimum Gasteiger partial charge on any atom is -0.383 e. The molecule has 1 unspecified atom stereocenters. The molecule has 0 saturated carbocycles. The van der Waals surface area contributed by atoms with Crippen LogP contribution in [0.15, 0.2) is 0 Å². The minimum atomic E-state index is 0.144. The number of methoxy groups -OCH3 is 1. The third kappa shape index (κ3) is 4.92. The molecule has 16 heavy (non-hydrogen) atoms. The van der Waals surface area contributed by atoms with Crippen molar-refractivity contribution in [3.05, 3.63) is 0 Å². The highest BCUT2D eigenvalue weighted by Crippen LogP contribution is 2.05. The van der Waals surface area contributed by atoms with E-state index in [1.807, 2.05) is 11.8 Å². The molecule has 0 aromatic heterocycles. The Morgan fingerprint density at radius 1 is 1.62 bits per heavy atom. The molecule has 1 aliphatic rings. The zero-order chi connectivity index (χ0) is 11.8. The van der Waals surface area contributed by atoms with E-state index in [1.54, 1.807) is 7.11 Å². The Kier molecular flexibility index (Phi) is 6.37. The number of ether oxygens (including phenoxy) is 2. The van der Waals surface area contributed by atoms with Gasteiger partial charge in [0.1, 0.15) is 0 Å². The number of amides is 1. The summed E-state index contributed by atoms with van der Waals surface area (Å²) in [5, 5.41) is 3.06. The number of hydrogen-bond acceptors (Lipinski definition) is 4. The maximum absolute atomic E-state index is 11.8. The van der Waals surface area contributed by atoms with Crippen LogP contribution in [-0.2, 0) is 14.3 Å². The van der Waals surface area contributed by atoms with Gasteiger partial charge in [0.15, 0.2) is 0 Å². The van der Waals surface area contributed by atoms with Gasteiger partial charge in [0.2, 0.25) is 5.91 Å². The highest BCUT2D eigenvalue weighted by atomic mass is 16.5. The summed E-state index contributed by atoms with van der Waals surface area (Å²) in [5.41, 5.74) is 0. The van der Waals surface area contributed by atoms with E-state index in [9.17, 15) is 4.79 Å². The van der Waals surface area contributed by atoms with E-state index in [2.05, 4.69) is 5.32 Å². The number of nitrogens with one attached hydrogen (secondary N) is 1. The first-order chi connectivity index (χ1) is 7.74. The first-order valence-electron chi connectivity index (χ1n) is 5.83. The lowest BCUT2D eigenvalue weighted by molar-refractivity contribution is -0.130. The second-order valence-electron chi connectivity index (χ2n) is 4.04. The number of nitrogens with zero attached hydrogens (tertiary/aromatic N) is 1. The van der Waals surface area contributed by atoms with Crippen LogP contribution < -0.4 is 5.32 Å². The molecule has 5 heteroatoms. The van der Waals surface area contributed by atoms with Crippen LogP contribution in [0.2, 0.25) is 0 Å². The van der Waals surface area contributed by atoms with Gasteiger partial charge in [-0.2, -0.15) is 0 Å².